The zero-order valence-electron chi connectivity index (χ0n) is 10.3. The molecule has 0 saturated heterocycles. The van der Waals surface area contributed by atoms with E-state index >= 15 is 0 Å². The summed E-state index contributed by atoms with van der Waals surface area (Å²) < 4.78 is 15.6. The number of nitrogens with zero attached hydrogens (tertiary/aromatic N) is 2. The van der Waals surface area contributed by atoms with Crippen LogP contribution in [0, 0.1) is 12.7 Å². The van der Waals surface area contributed by atoms with Crippen molar-refractivity contribution in [1.29, 1.82) is 0 Å². The molecule has 4 heteroatoms. The fourth-order valence-corrected chi connectivity index (χ4v) is 2.23. The van der Waals surface area contributed by atoms with Gasteiger partial charge in [0, 0.05) is 12.1 Å². The van der Waals surface area contributed by atoms with E-state index in [2.05, 4.69) is 23.4 Å². The molecule has 92 valence electrons. The Kier molecular flexibility index (Phi) is 3.38. The molecule has 2 rings (SSSR count). The summed E-state index contributed by atoms with van der Waals surface area (Å²) in [6.45, 7) is 6.00. The van der Waals surface area contributed by atoms with Crippen LogP contribution < -0.4 is 0 Å². The maximum atomic E-state index is 13.5. The average Bonchev–Trinajstić information content (AvgIpc) is 2.66. The summed E-state index contributed by atoms with van der Waals surface area (Å²) in [4.78, 5) is 4.39. The molecule has 0 radical (unpaired) electrons. The third kappa shape index (κ3) is 2.04. The lowest BCUT2D eigenvalue weighted by Crippen LogP contribution is -2.07. The number of halogens is 2. The van der Waals surface area contributed by atoms with Crippen molar-refractivity contribution in [1.82, 2.24) is 9.55 Å². The fourth-order valence-electron chi connectivity index (χ4n) is 2.04. The van der Waals surface area contributed by atoms with Crippen molar-refractivity contribution in [3.05, 3.63) is 29.3 Å². The van der Waals surface area contributed by atoms with Crippen LogP contribution in [-0.2, 0) is 5.88 Å². The number of imidazole rings is 1. The average molecular weight is 255 g/mol. The quantitative estimate of drug-likeness (QED) is 0.751. The van der Waals surface area contributed by atoms with Crippen molar-refractivity contribution in [2.45, 2.75) is 39.1 Å². The van der Waals surface area contributed by atoms with Crippen molar-refractivity contribution < 1.29 is 4.39 Å². The molecule has 1 aromatic heterocycles. The predicted molar refractivity (Wildman–Crippen MR) is 69.0 cm³/mol. The fraction of sp³-hybridized carbons (Fsp3) is 0.462. The molecule has 1 atom stereocenters. The minimum Gasteiger partial charge on any atom is -0.324 e. The lowest BCUT2D eigenvalue weighted by molar-refractivity contribution is 0.529. The summed E-state index contributed by atoms with van der Waals surface area (Å²) >= 11 is 5.91. The molecule has 0 bridgehead atoms. The van der Waals surface area contributed by atoms with Crippen LogP contribution in [0.1, 0.15) is 37.7 Å². The van der Waals surface area contributed by atoms with Gasteiger partial charge in [-0.05, 0) is 31.9 Å². The van der Waals surface area contributed by atoms with Crippen LogP contribution in [0.4, 0.5) is 4.39 Å². The molecule has 1 heterocycles. The molecule has 0 saturated carbocycles. The van der Waals surface area contributed by atoms with Gasteiger partial charge in [-0.1, -0.05) is 6.92 Å². The number of aromatic nitrogens is 2. The standard InChI is InChI=1S/C13H16ClFN2/c1-4-9(3)17-12-5-8(2)10(15)6-11(12)16-13(17)7-14/h5-6,9H,4,7H2,1-3H3. The van der Waals surface area contributed by atoms with Gasteiger partial charge in [0.25, 0.3) is 0 Å². The number of aryl methyl sites for hydroxylation is 1. The predicted octanol–water partition coefficient (Wildman–Crippen LogP) is 4.19. The summed E-state index contributed by atoms with van der Waals surface area (Å²) in [7, 11) is 0. The van der Waals surface area contributed by atoms with Gasteiger partial charge in [-0.2, -0.15) is 0 Å². The Hall–Kier alpha value is -1.09. The summed E-state index contributed by atoms with van der Waals surface area (Å²) in [6, 6.07) is 3.65. The number of alkyl halides is 1. The Morgan fingerprint density at radius 3 is 2.76 bits per heavy atom. The largest absolute Gasteiger partial charge is 0.324 e. The molecular weight excluding hydrogens is 239 g/mol. The van der Waals surface area contributed by atoms with Gasteiger partial charge < -0.3 is 4.57 Å². The van der Waals surface area contributed by atoms with Gasteiger partial charge in [-0.25, -0.2) is 9.37 Å². The zero-order chi connectivity index (χ0) is 12.6. The highest BCUT2D eigenvalue weighted by atomic mass is 35.5. The van der Waals surface area contributed by atoms with Crippen LogP contribution >= 0.6 is 11.6 Å². The maximum Gasteiger partial charge on any atom is 0.128 e. The second-order valence-electron chi connectivity index (χ2n) is 4.38. The zero-order valence-corrected chi connectivity index (χ0v) is 11.1. The van der Waals surface area contributed by atoms with E-state index in [4.69, 9.17) is 11.6 Å². The molecule has 0 aliphatic rings. The monoisotopic (exact) mass is 254 g/mol. The summed E-state index contributed by atoms with van der Waals surface area (Å²) in [5.74, 6) is 0.938. The van der Waals surface area contributed by atoms with E-state index in [1.807, 2.05) is 6.07 Å². The number of benzene rings is 1. The van der Waals surface area contributed by atoms with Crippen molar-refractivity contribution in [3.8, 4) is 0 Å². The van der Waals surface area contributed by atoms with Crippen molar-refractivity contribution in [3.63, 3.8) is 0 Å². The normalized spacial score (nSPS) is 13.2. The van der Waals surface area contributed by atoms with Gasteiger partial charge in [0.15, 0.2) is 0 Å². The Morgan fingerprint density at radius 1 is 1.47 bits per heavy atom. The number of rotatable bonds is 3. The molecule has 2 nitrogen and oxygen atoms in total. The van der Waals surface area contributed by atoms with Crippen LogP contribution in [0.15, 0.2) is 12.1 Å². The first kappa shape index (κ1) is 12.4. The van der Waals surface area contributed by atoms with Gasteiger partial charge >= 0.3 is 0 Å². The van der Waals surface area contributed by atoms with Crippen molar-refractivity contribution in [2.24, 2.45) is 0 Å². The van der Waals surface area contributed by atoms with E-state index in [0.29, 0.717) is 23.0 Å². The second kappa shape index (κ2) is 4.65. The molecule has 0 aliphatic heterocycles. The van der Waals surface area contributed by atoms with Crippen molar-refractivity contribution >= 4 is 22.6 Å². The highest BCUT2D eigenvalue weighted by Crippen LogP contribution is 2.26. The van der Waals surface area contributed by atoms with E-state index < -0.39 is 0 Å². The first-order valence-corrected chi connectivity index (χ1v) is 6.34. The van der Waals surface area contributed by atoms with Crippen LogP contribution in [0.5, 0.6) is 0 Å². The molecule has 1 aromatic carbocycles. The topological polar surface area (TPSA) is 17.8 Å². The van der Waals surface area contributed by atoms with Gasteiger partial charge in [-0.15, -0.1) is 11.6 Å². The minimum absolute atomic E-state index is 0.215. The number of fused-ring (bicyclic) bond motifs is 1. The number of hydrogen-bond acceptors (Lipinski definition) is 1. The molecule has 0 amide bonds. The summed E-state index contributed by atoms with van der Waals surface area (Å²) in [6.07, 6.45) is 0.992. The highest BCUT2D eigenvalue weighted by Gasteiger charge is 2.15. The molecule has 0 aliphatic carbocycles. The Balaban J connectivity index is 2.74. The van der Waals surface area contributed by atoms with Gasteiger partial charge in [-0.3, -0.25) is 0 Å². The lowest BCUT2D eigenvalue weighted by atomic mass is 10.2. The van der Waals surface area contributed by atoms with E-state index in [1.54, 1.807) is 6.92 Å². The molecule has 2 aromatic rings. The SMILES string of the molecule is CCC(C)n1c(CCl)nc2cc(F)c(C)cc21. The van der Waals surface area contributed by atoms with Crippen LogP contribution in [0.25, 0.3) is 11.0 Å². The van der Waals surface area contributed by atoms with E-state index in [0.717, 1.165) is 17.8 Å². The van der Waals surface area contributed by atoms with Crippen LogP contribution in [0.3, 0.4) is 0 Å². The van der Waals surface area contributed by atoms with Gasteiger partial charge in [0.05, 0.1) is 16.9 Å². The molecule has 0 fully saturated rings. The van der Waals surface area contributed by atoms with Crippen LogP contribution in [0.2, 0.25) is 0 Å². The molecule has 17 heavy (non-hydrogen) atoms. The van der Waals surface area contributed by atoms with Crippen LogP contribution in [-0.4, -0.2) is 9.55 Å². The summed E-state index contributed by atoms with van der Waals surface area (Å²) in [5.41, 5.74) is 2.29. The molecule has 0 spiro atoms. The molecular formula is C13H16ClFN2. The second-order valence-corrected chi connectivity index (χ2v) is 4.65. The van der Waals surface area contributed by atoms with E-state index in [9.17, 15) is 4.39 Å². The Morgan fingerprint density at radius 2 is 2.18 bits per heavy atom. The third-order valence-corrected chi connectivity index (χ3v) is 3.43. The molecule has 1 unspecified atom stereocenters. The van der Waals surface area contributed by atoms with Gasteiger partial charge in [0.2, 0.25) is 0 Å². The third-order valence-electron chi connectivity index (χ3n) is 3.19. The first-order chi connectivity index (χ1) is 8.08. The smallest absolute Gasteiger partial charge is 0.128 e. The summed E-state index contributed by atoms with van der Waals surface area (Å²) in [5, 5.41) is 0. The lowest BCUT2D eigenvalue weighted by Gasteiger charge is -2.15. The number of hydrogen-bond donors (Lipinski definition) is 0. The minimum atomic E-state index is -0.215. The highest BCUT2D eigenvalue weighted by molar-refractivity contribution is 6.16. The van der Waals surface area contributed by atoms with Gasteiger partial charge in [0.1, 0.15) is 11.6 Å². The van der Waals surface area contributed by atoms with Crippen molar-refractivity contribution in [2.75, 3.05) is 0 Å². The first-order valence-electron chi connectivity index (χ1n) is 5.81. The Bertz CT molecular complexity index is 548. The molecule has 0 N–H and O–H groups in total. The Labute approximate surface area is 105 Å². The van der Waals surface area contributed by atoms with E-state index in [1.165, 1.54) is 6.07 Å². The maximum absolute atomic E-state index is 13.5. The van der Waals surface area contributed by atoms with E-state index in [-0.39, 0.29) is 5.82 Å².